The fraction of sp³-hybridized carbons (Fsp3) is 0.300. The van der Waals surface area contributed by atoms with Crippen LogP contribution < -0.4 is 10.6 Å². The normalized spacial score (nSPS) is 16.6. The molecular formula is C20H19FN6O2. The topological polar surface area (TPSA) is 110 Å². The van der Waals surface area contributed by atoms with Gasteiger partial charge in [-0.05, 0) is 37.1 Å². The molecular weight excluding hydrogens is 375 g/mol. The number of anilines is 1. The molecule has 1 aromatic carbocycles. The highest BCUT2D eigenvalue weighted by molar-refractivity contribution is 5.79. The molecule has 2 N–H and O–H groups in total. The van der Waals surface area contributed by atoms with Crippen LogP contribution >= 0.6 is 0 Å². The van der Waals surface area contributed by atoms with E-state index in [0.717, 1.165) is 30.6 Å². The van der Waals surface area contributed by atoms with Crippen molar-refractivity contribution in [1.82, 2.24) is 14.5 Å². The van der Waals surface area contributed by atoms with Crippen LogP contribution in [0.3, 0.4) is 0 Å². The van der Waals surface area contributed by atoms with Gasteiger partial charge in [-0.2, -0.15) is 5.26 Å². The van der Waals surface area contributed by atoms with Gasteiger partial charge in [-0.25, -0.2) is 14.2 Å². The van der Waals surface area contributed by atoms with Crippen LogP contribution in [0.1, 0.15) is 24.1 Å². The molecule has 1 atom stereocenters. The van der Waals surface area contributed by atoms with E-state index in [1.807, 2.05) is 15.5 Å². The number of imidazole rings is 1. The van der Waals surface area contributed by atoms with Gasteiger partial charge in [-0.3, -0.25) is 4.98 Å². The standard InChI is InChI=1S/C20H19FN6O2/c21-14-4-6-18-17(8-14)25-20(26-7-1-2-16(12-26)29-19(23)28)27(18)11-15-5-3-13(9-22)10-24-15/h3-6,8,10,16H,1-2,7,11-12H2,(H2,23,28). The van der Waals surface area contributed by atoms with Crippen molar-refractivity contribution in [2.45, 2.75) is 25.5 Å². The number of nitriles is 1. The number of benzene rings is 1. The van der Waals surface area contributed by atoms with Crippen LogP contribution in [0.2, 0.25) is 0 Å². The van der Waals surface area contributed by atoms with Crippen LogP contribution in [0.25, 0.3) is 11.0 Å². The number of aromatic nitrogens is 3. The lowest BCUT2D eigenvalue weighted by atomic mass is 10.1. The number of pyridine rings is 1. The molecule has 8 nitrogen and oxygen atoms in total. The van der Waals surface area contributed by atoms with Crippen LogP contribution in [-0.2, 0) is 11.3 Å². The van der Waals surface area contributed by atoms with Gasteiger partial charge in [-0.1, -0.05) is 0 Å². The number of carbonyl (C=O) groups excluding carboxylic acids is 1. The van der Waals surface area contributed by atoms with Gasteiger partial charge in [0.25, 0.3) is 0 Å². The fourth-order valence-corrected chi connectivity index (χ4v) is 3.61. The molecule has 4 rings (SSSR count). The molecule has 0 radical (unpaired) electrons. The summed E-state index contributed by atoms with van der Waals surface area (Å²) in [5.74, 6) is 0.285. The second-order valence-corrected chi connectivity index (χ2v) is 6.93. The Morgan fingerprint density at radius 1 is 1.38 bits per heavy atom. The number of rotatable bonds is 4. The van der Waals surface area contributed by atoms with E-state index in [9.17, 15) is 9.18 Å². The van der Waals surface area contributed by atoms with Gasteiger partial charge in [0.2, 0.25) is 5.95 Å². The Morgan fingerprint density at radius 2 is 2.24 bits per heavy atom. The highest BCUT2D eigenvalue weighted by Crippen LogP contribution is 2.27. The molecule has 1 aliphatic rings. The molecule has 29 heavy (non-hydrogen) atoms. The molecule has 1 amide bonds. The maximum atomic E-state index is 13.8. The summed E-state index contributed by atoms with van der Waals surface area (Å²) in [6.07, 6.45) is 1.94. The first-order chi connectivity index (χ1) is 14.0. The average Bonchev–Trinajstić information content (AvgIpc) is 3.05. The number of hydrogen-bond donors (Lipinski definition) is 1. The lowest BCUT2D eigenvalue weighted by Crippen LogP contribution is -2.42. The van der Waals surface area contributed by atoms with E-state index in [-0.39, 0.29) is 11.9 Å². The average molecular weight is 394 g/mol. The molecule has 9 heteroatoms. The van der Waals surface area contributed by atoms with E-state index in [0.29, 0.717) is 30.1 Å². The van der Waals surface area contributed by atoms with E-state index in [4.69, 9.17) is 15.7 Å². The first kappa shape index (κ1) is 18.7. The lowest BCUT2D eigenvalue weighted by molar-refractivity contribution is 0.0961. The minimum atomic E-state index is -0.797. The molecule has 1 saturated heterocycles. The van der Waals surface area contributed by atoms with Crippen LogP contribution in [0.5, 0.6) is 0 Å². The van der Waals surface area contributed by atoms with E-state index in [1.165, 1.54) is 18.3 Å². The summed E-state index contributed by atoms with van der Waals surface area (Å²) in [7, 11) is 0. The Hall–Kier alpha value is -3.67. The maximum Gasteiger partial charge on any atom is 0.404 e. The smallest absolute Gasteiger partial charge is 0.404 e. The molecule has 1 fully saturated rings. The number of fused-ring (bicyclic) bond motifs is 1. The number of nitrogens with zero attached hydrogens (tertiary/aromatic N) is 5. The lowest BCUT2D eigenvalue weighted by Gasteiger charge is -2.33. The summed E-state index contributed by atoms with van der Waals surface area (Å²) in [4.78, 5) is 22.1. The van der Waals surface area contributed by atoms with Crippen LogP contribution in [0.4, 0.5) is 15.1 Å². The molecule has 0 aliphatic carbocycles. The summed E-state index contributed by atoms with van der Waals surface area (Å²) in [5, 5.41) is 8.96. The fourth-order valence-electron chi connectivity index (χ4n) is 3.61. The molecule has 0 spiro atoms. The molecule has 0 bridgehead atoms. The second kappa shape index (κ2) is 7.75. The number of primary amides is 1. The van der Waals surface area contributed by atoms with Gasteiger partial charge in [0.05, 0.1) is 35.4 Å². The Morgan fingerprint density at radius 3 is 2.97 bits per heavy atom. The van der Waals surface area contributed by atoms with E-state index < -0.39 is 6.09 Å². The molecule has 1 unspecified atom stereocenters. The SMILES string of the molecule is N#Cc1ccc(Cn2c(N3CCCC(OC(N)=O)C3)nc3cc(F)ccc32)nc1. The monoisotopic (exact) mass is 394 g/mol. The van der Waals surface area contributed by atoms with Crippen molar-refractivity contribution < 1.29 is 13.9 Å². The third-order valence-corrected chi connectivity index (χ3v) is 4.91. The van der Waals surface area contributed by atoms with Crippen LogP contribution in [0.15, 0.2) is 36.5 Å². The minimum Gasteiger partial charge on any atom is -0.445 e. The van der Waals surface area contributed by atoms with Crippen molar-refractivity contribution in [3.05, 3.63) is 53.6 Å². The Kier molecular flexibility index (Phi) is 4.99. The number of ether oxygens (including phenoxy) is 1. The highest BCUT2D eigenvalue weighted by atomic mass is 19.1. The second-order valence-electron chi connectivity index (χ2n) is 6.93. The molecule has 3 aromatic rings. The number of nitrogens with two attached hydrogens (primary N) is 1. The van der Waals surface area contributed by atoms with Crippen molar-refractivity contribution in [2.24, 2.45) is 5.73 Å². The third kappa shape index (κ3) is 3.96. The van der Waals surface area contributed by atoms with Crippen molar-refractivity contribution in [1.29, 1.82) is 5.26 Å². The zero-order chi connectivity index (χ0) is 20.4. The van der Waals surface area contributed by atoms with Gasteiger partial charge in [0.15, 0.2) is 0 Å². The zero-order valence-electron chi connectivity index (χ0n) is 15.6. The number of hydrogen-bond acceptors (Lipinski definition) is 6. The quantitative estimate of drug-likeness (QED) is 0.728. The largest absolute Gasteiger partial charge is 0.445 e. The predicted molar refractivity (Wildman–Crippen MR) is 104 cm³/mol. The molecule has 0 saturated carbocycles. The Labute approximate surface area is 166 Å². The molecule has 2 aromatic heterocycles. The highest BCUT2D eigenvalue weighted by Gasteiger charge is 2.26. The summed E-state index contributed by atoms with van der Waals surface area (Å²) in [6.45, 7) is 1.59. The van der Waals surface area contributed by atoms with Crippen LogP contribution in [0, 0.1) is 17.1 Å². The van der Waals surface area contributed by atoms with Crippen molar-refractivity contribution in [3.8, 4) is 6.07 Å². The number of piperidine rings is 1. The van der Waals surface area contributed by atoms with Gasteiger partial charge in [-0.15, -0.1) is 0 Å². The van der Waals surface area contributed by atoms with Crippen molar-refractivity contribution in [3.63, 3.8) is 0 Å². The minimum absolute atomic E-state index is 0.320. The number of carbonyl (C=O) groups is 1. The molecule has 3 heterocycles. The molecule has 148 valence electrons. The molecule has 1 aliphatic heterocycles. The maximum absolute atomic E-state index is 13.8. The first-order valence-electron chi connectivity index (χ1n) is 9.25. The zero-order valence-corrected chi connectivity index (χ0v) is 15.6. The van der Waals surface area contributed by atoms with Crippen molar-refractivity contribution >= 4 is 23.1 Å². The summed E-state index contributed by atoms with van der Waals surface area (Å²) in [5.41, 5.74) is 7.70. The van der Waals surface area contributed by atoms with Gasteiger partial charge in [0.1, 0.15) is 18.0 Å². The summed E-state index contributed by atoms with van der Waals surface area (Å²) >= 11 is 0. The number of amides is 1. The van der Waals surface area contributed by atoms with E-state index >= 15 is 0 Å². The van der Waals surface area contributed by atoms with E-state index in [1.54, 1.807) is 18.2 Å². The summed E-state index contributed by atoms with van der Waals surface area (Å²) < 4.78 is 20.9. The predicted octanol–water partition coefficient (Wildman–Crippen LogP) is 2.55. The van der Waals surface area contributed by atoms with Gasteiger partial charge in [0, 0.05) is 18.8 Å². The van der Waals surface area contributed by atoms with Gasteiger partial charge < -0.3 is 19.9 Å². The third-order valence-electron chi connectivity index (χ3n) is 4.91. The van der Waals surface area contributed by atoms with Crippen LogP contribution in [-0.4, -0.2) is 39.8 Å². The van der Waals surface area contributed by atoms with E-state index in [2.05, 4.69) is 9.97 Å². The van der Waals surface area contributed by atoms with Gasteiger partial charge >= 0.3 is 6.09 Å². The first-order valence-corrected chi connectivity index (χ1v) is 9.25. The van der Waals surface area contributed by atoms with Crippen molar-refractivity contribution in [2.75, 3.05) is 18.0 Å². The Balaban J connectivity index is 1.71. The summed E-state index contributed by atoms with van der Waals surface area (Å²) in [6, 6.07) is 10.0. The Bertz CT molecular complexity index is 1090. The number of halogens is 1.